The number of aromatic nitrogens is 2. The van der Waals surface area contributed by atoms with Crippen LogP contribution in [-0.2, 0) is 6.54 Å². The third-order valence-corrected chi connectivity index (χ3v) is 3.65. The van der Waals surface area contributed by atoms with Crippen LogP contribution in [0.5, 0.6) is 0 Å². The topological polar surface area (TPSA) is 66.3 Å². The molecule has 0 radical (unpaired) electrons. The Morgan fingerprint density at radius 1 is 1.04 bits per heavy atom. The van der Waals surface area contributed by atoms with E-state index in [2.05, 4.69) is 9.97 Å². The van der Waals surface area contributed by atoms with Gasteiger partial charge in [0.2, 0.25) is 0 Å². The smallest absolute Gasteiger partial charge is 0.256 e. The van der Waals surface area contributed by atoms with Crippen LogP contribution in [0.3, 0.4) is 0 Å². The maximum Gasteiger partial charge on any atom is 0.256 e. The lowest BCUT2D eigenvalue weighted by molar-refractivity contribution is 0.0709. The van der Waals surface area contributed by atoms with E-state index in [-0.39, 0.29) is 19.1 Å². The molecule has 0 spiro atoms. The summed E-state index contributed by atoms with van der Waals surface area (Å²) in [5.41, 5.74) is 1.46. The van der Waals surface area contributed by atoms with E-state index in [4.69, 9.17) is 0 Å². The van der Waals surface area contributed by atoms with E-state index in [9.17, 15) is 9.90 Å². The summed E-state index contributed by atoms with van der Waals surface area (Å²) in [7, 11) is 0. The second-order valence-electron chi connectivity index (χ2n) is 5.22. The number of carbonyl (C=O) groups excluding carboxylic acids is 1. The van der Waals surface area contributed by atoms with Crippen molar-refractivity contribution in [2.75, 3.05) is 13.2 Å². The Kier molecular flexibility index (Phi) is 4.59. The fourth-order valence-electron chi connectivity index (χ4n) is 2.54. The normalized spacial score (nSPS) is 10.7. The lowest BCUT2D eigenvalue weighted by atomic mass is 10.1. The molecule has 0 unspecified atom stereocenters. The van der Waals surface area contributed by atoms with Crippen LogP contribution >= 0.6 is 0 Å². The van der Waals surface area contributed by atoms with Gasteiger partial charge in [0, 0.05) is 43.3 Å². The van der Waals surface area contributed by atoms with E-state index in [0.717, 1.165) is 16.3 Å². The number of fused-ring (bicyclic) bond motifs is 1. The summed E-state index contributed by atoms with van der Waals surface area (Å²) < 4.78 is 0. The summed E-state index contributed by atoms with van der Waals surface area (Å²) in [5.74, 6) is -0.146. The molecule has 0 aliphatic heterocycles. The summed E-state index contributed by atoms with van der Waals surface area (Å²) >= 11 is 0. The summed E-state index contributed by atoms with van der Waals surface area (Å²) in [5, 5.41) is 11.1. The molecule has 1 aromatic carbocycles. The fraction of sp³-hybridized carbons (Fsp3) is 0.167. The second kappa shape index (κ2) is 6.98. The summed E-state index contributed by atoms with van der Waals surface area (Å²) in [4.78, 5) is 22.7. The van der Waals surface area contributed by atoms with Crippen LogP contribution in [0.2, 0.25) is 0 Å². The van der Waals surface area contributed by atoms with Gasteiger partial charge in [-0.15, -0.1) is 0 Å². The van der Waals surface area contributed by atoms with Crippen molar-refractivity contribution in [3.8, 4) is 0 Å². The molecular weight excluding hydrogens is 290 g/mol. The third-order valence-electron chi connectivity index (χ3n) is 3.65. The molecule has 0 fully saturated rings. The van der Waals surface area contributed by atoms with E-state index in [1.165, 1.54) is 0 Å². The highest BCUT2D eigenvalue weighted by atomic mass is 16.3. The van der Waals surface area contributed by atoms with Gasteiger partial charge in [-0.25, -0.2) is 0 Å². The van der Waals surface area contributed by atoms with Gasteiger partial charge in [-0.05, 0) is 17.0 Å². The van der Waals surface area contributed by atoms with Gasteiger partial charge in [0.25, 0.3) is 5.91 Å². The molecule has 116 valence electrons. The standard InChI is InChI=1S/C18H17N3O2/c22-9-8-21(13-14-4-3-7-19-10-14)18(23)17-12-20-11-15-5-1-2-6-16(15)17/h1-7,10-12,22H,8-9,13H2. The molecule has 3 aromatic rings. The van der Waals surface area contributed by atoms with Crippen molar-refractivity contribution in [2.45, 2.75) is 6.54 Å². The molecule has 2 aromatic heterocycles. The average Bonchev–Trinajstić information content (AvgIpc) is 2.61. The number of aliphatic hydroxyl groups excluding tert-OH is 1. The van der Waals surface area contributed by atoms with Crippen molar-refractivity contribution in [2.24, 2.45) is 0 Å². The molecule has 3 rings (SSSR count). The van der Waals surface area contributed by atoms with Gasteiger partial charge in [0.05, 0.1) is 12.2 Å². The van der Waals surface area contributed by atoms with E-state index in [1.807, 2.05) is 36.4 Å². The van der Waals surface area contributed by atoms with Gasteiger partial charge in [-0.3, -0.25) is 14.8 Å². The molecule has 0 atom stereocenters. The number of hydrogen-bond acceptors (Lipinski definition) is 4. The largest absolute Gasteiger partial charge is 0.395 e. The van der Waals surface area contributed by atoms with E-state index in [1.54, 1.807) is 29.7 Å². The molecule has 0 saturated heterocycles. The van der Waals surface area contributed by atoms with Crippen LogP contribution in [0.1, 0.15) is 15.9 Å². The predicted molar refractivity (Wildman–Crippen MR) is 87.8 cm³/mol. The first-order valence-electron chi connectivity index (χ1n) is 7.41. The summed E-state index contributed by atoms with van der Waals surface area (Å²) in [6.45, 7) is 0.567. The van der Waals surface area contributed by atoms with Crippen molar-refractivity contribution in [1.82, 2.24) is 14.9 Å². The van der Waals surface area contributed by atoms with E-state index < -0.39 is 0 Å². The Bertz CT molecular complexity index is 800. The third kappa shape index (κ3) is 3.35. The molecule has 0 aliphatic carbocycles. The molecule has 2 heterocycles. The zero-order chi connectivity index (χ0) is 16.1. The number of hydrogen-bond donors (Lipinski definition) is 1. The minimum atomic E-state index is -0.146. The van der Waals surface area contributed by atoms with E-state index >= 15 is 0 Å². The second-order valence-corrected chi connectivity index (χ2v) is 5.22. The van der Waals surface area contributed by atoms with Crippen molar-refractivity contribution >= 4 is 16.7 Å². The van der Waals surface area contributed by atoms with Crippen LogP contribution in [0.25, 0.3) is 10.8 Å². The molecule has 0 saturated carbocycles. The monoisotopic (exact) mass is 307 g/mol. The SMILES string of the molecule is O=C(c1cncc2ccccc12)N(CCO)Cc1cccnc1. The van der Waals surface area contributed by atoms with Gasteiger partial charge in [0.1, 0.15) is 0 Å². The van der Waals surface area contributed by atoms with Crippen molar-refractivity contribution < 1.29 is 9.90 Å². The molecule has 1 amide bonds. The van der Waals surface area contributed by atoms with Crippen LogP contribution < -0.4 is 0 Å². The van der Waals surface area contributed by atoms with Crippen molar-refractivity contribution in [3.63, 3.8) is 0 Å². The van der Waals surface area contributed by atoms with Gasteiger partial charge in [-0.1, -0.05) is 30.3 Å². The molecule has 5 nitrogen and oxygen atoms in total. The Morgan fingerprint density at radius 3 is 2.70 bits per heavy atom. The lowest BCUT2D eigenvalue weighted by Crippen LogP contribution is -2.33. The number of carbonyl (C=O) groups is 1. The first-order valence-corrected chi connectivity index (χ1v) is 7.41. The highest BCUT2D eigenvalue weighted by Gasteiger charge is 2.18. The van der Waals surface area contributed by atoms with Crippen LogP contribution in [0.15, 0.2) is 61.2 Å². The molecule has 0 bridgehead atoms. The fourth-order valence-corrected chi connectivity index (χ4v) is 2.54. The zero-order valence-corrected chi connectivity index (χ0v) is 12.6. The molecule has 5 heteroatoms. The Hall–Kier alpha value is -2.79. The van der Waals surface area contributed by atoms with Crippen molar-refractivity contribution in [1.29, 1.82) is 0 Å². The maximum absolute atomic E-state index is 12.9. The van der Waals surface area contributed by atoms with Gasteiger partial charge in [-0.2, -0.15) is 0 Å². The Labute approximate surface area is 134 Å². The minimum Gasteiger partial charge on any atom is -0.395 e. The highest BCUT2D eigenvalue weighted by Crippen LogP contribution is 2.19. The van der Waals surface area contributed by atoms with Crippen molar-refractivity contribution in [3.05, 3.63) is 72.3 Å². The van der Waals surface area contributed by atoms with Gasteiger partial charge in [0.15, 0.2) is 0 Å². The molecule has 1 N–H and O–H groups in total. The number of amides is 1. The summed E-state index contributed by atoms with van der Waals surface area (Å²) in [6, 6.07) is 11.4. The van der Waals surface area contributed by atoms with Gasteiger partial charge >= 0.3 is 0 Å². The number of rotatable bonds is 5. The molecule has 0 aliphatic rings. The molecule has 23 heavy (non-hydrogen) atoms. The van der Waals surface area contributed by atoms with Crippen LogP contribution in [-0.4, -0.2) is 39.0 Å². The average molecular weight is 307 g/mol. The number of nitrogens with zero attached hydrogens (tertiary/aromatic N) is 3. The minimum absolute atomic E-state index is 0.0931. The quantitative estimate of drug-likeness (QED) is 0.785. The summed E-state index contributed by atoms with van der Waals surface area (Å²) in [6.07, 6.45) is 6.73. The first-order chi connectivity index (χ1) is 11.3. The first kappa shape index (κ1) is 15.1. The van der Waals surface area contributed by atoms with Crippen LogP contribution in [0, 0.1) is 0 Å². The number of pyridine rings is 2. The van der Waals surface area contributed by atoms with Crippen LogP contribution in [0.4, 0.5) is 0 Å². The Morgan fingerprint density at radius 2 is 1.91 bits per heavy atom. The molecular formula is C18H17N3O2. The zero-order valence-electron chi connectivity index (χ0n) is 12.6. The van der Waals surface area contributed by atoms with Gasteiger partial charge < -0.3 is 10.0 Å². The lowest BCUT2D eigenvalue weighted by Gasteiger charge is -2.22. The van der Waals surface area contributed by atoms with E-state index in [0.29, 0.717) is 12.1 Å². The predicted octanol–water partition coefficient (Wildman–Crippen LogP) is 2.26. The Balaban J connectivity index is 1.94. The highest BCUT2D eigenvalue weighted by molar-refractivity contribution is 6.06. The maximum atomic E-state index is 12.9. The number of aliphatic hydroxyl groups is 1. The number of benzene rings is 1.